The molecule has 0 radical (unpaired) electrons. The number of piperazine rings is 1. The van der Waals surface area contributed by atoms with Gasteiger partial charge in [0.05, 0.1) is 11.4 Å². The maximum Gasteiger partial charge on any atom is 0.0625 e. The molecule has 0 saturated carbocycles. The number of nitrogens with zero attached hydrogens (tertiary/aromatic N) is 3. The molecule has 0 spiro atoms. The molecule has 1 aliphatic rings. The minimum absolute atomic E-state index is 0.638. The molecule has 1 saturated heterocycles. The van der Waals surface area contributed by atoms with Crippen LogP contribution < -0.4 is 5.32 Å². The summed E-state index contributed by atoms with van der Waals surface area (Å²) in [5, 5.41) is 8.17. The lowest BCUT2D eigenvalue weighted by Crippen LogP contribution is -2.53. The molecular formula is C15H28N4. The van der Waals surface area contributed by atoms with E-state index in [2.05, 4.69) is 53.8 Å². The van der Waals surface area contributed by atoms with E-state index in [4.69, 9.17) is 0 Å². The molecule has 108 valence electrons. The Kier molecular flexibility index (Phi) is 4.99. The summed E-state index contributed by atoms with van der Waals surface area (Å²) in [6.07, 6.45) is 1.02. The van der Waals surface area contributed by atoms with Crippen LogP contribution in [0.3, 0.4) is 0 Å². The van der Waals surface area contributed by atoms with Crippen LogP contribution in [-0.4, -0.2) is 40.4 Å². The zero-order valence-corrected chi connectivity index (χ0v) is 12.8. The molecule has 2 rings (SSSR count). The van der Waals surface area contributed by atoms with Gasteiger partial charge in [0, 0.05) is 38.8 Å². The lowest BCUT2D eigenvalue weighted by molar-refractivity contribution is 0.114. The van der Waals surface area contributed by atoms with Crippen molar-refractivity contribution in [1.82, 2.24) is 20.0 Å². The van der Waals surface area contributed by atoms with Crippen molar-refractivity contribution in [2.24, 2.45) is 5.92 Å². The smallest absolute Gasteiger partial charge is 0.0625 e. The normalized spacial score (nSPS) is 21.2. The molecule has 19 heavy (non-hydrogen) atoms. The Morgan fingerprint density at radius 1 is 1.42 bits per heavy atom. The molecule has 1 unspecified atom stereocenters. The second-order valence-electron chi connectivity index (χ2n) is 5.78. The van der Waals surface area contributed by atoms with Crippen LogP contribution in [0.5, 0.6) is 0 Å². The van der Waals surface area contributed by atoms with Crippen LogP contribution in [-0.2, 0) is 19.5 Å². The first-order chi connectivity index (χ1) is 9.15. The molecular weight excluding hydrogens is 236 g/mol. The molecule has 2 heterocycles. The maximum absolute atomic E-state index is 4.66. The second kappa shape index (κ2) is 6.53. The largest absolute Gasteiger partial charge is 0.314 e. The topological polar surface area (TPSA) is 33.1 Å². The second-order valence-corrected chi connectivity index (χ2v) is 5.78. The zero-order valence-electron chi connectivity index (χ0n) is 12.8. The first-order valence-corrected chi connectivity index (χ1v) is 7.66. The van der Waals surface area contributed by atoms with E-state index in [1.807, 2.05) is 0 Å². The minimum atomic E-state index is 0.638. The number of hydrogen-bond acceptors (Lipinski definition) is 3. The fraction of sp³-hybridized carbons (Fsp3) is 0.800. The summed E-state index contributed by atoms with van der Waals surface area (Å²) in [4.78, 5) is 2.61. The summed E-state index contributed by atoms with van der Waals surface area (Å²) in [5.74, 6) is 0.691. The van der Waals surface area contributed by atoms with Crippen molar-refractivity contribution in [2.45, 2.75) is 53.2 Å². The Morgan fingerprint density at radius 3 is 2.84 bits per heavy atom. The van der Waals surface area contributed by atoms with E-state index >= 15 is 0 Å². The van der Waals surface area contributed by atoms with E-state index in [0.717, 1.165) is 39.1 Å². The number of aryl methyl sites for hydroxylation is 2. The first kappa shape index (κ1) is 14.5. The van der Waals surface area contributed by atoms with Crippen molar-refractivity contribution >= 4 is 0 Å². The Labute approximate surface area is 117 Å². The van der Waals surface area contributed by atoms with Crippen molar-refractivity contribution in [2.75, 3.05) is 19.6 Å². The SMILES string of the molecule is CCc1cc(CN2CCNCC2C(C)C)n(CC)n1. The summed E-state index contributed by atoms with van der Waals surface area (Å²) in [6, 6.07) is 2.92. The van der Waals surface area contributed by atoms with Crippen molar-refractivity contribution in [1.29, 1.82) is 0 Å². The highest BCUT2D eigenvalue weighted by atomic mass is 15.3. The monoisotopic (exact) mass is 264 g/mol. The lowest BCUT2D eigenvalue weighted by Gasteiger charge is -2.38. The average molecular weight is 264 g/mol. The van der Waals surface area contributed by atoms with Gasteiger partial charge in [-0.25, -0.2) is 0 Å². The van der Waals surface area contributed by atoms with Gasteiger partial charge in [0.15, 0.2) is 0 Å². The van der Waals surface area contributed by atoms with E-state index in [1.54, 1.807) is 0 Å². The van der Waals surface area contributed by atoms with E-state index < -0.39 is 0 Å². The van der Waals surface area contributed by atoms with E-state index in [0.29, 0.717) is 12.0 Å². The highest BCUT2D eigenvalue weighted by Crippen LogP contribution is 2.17. The Bertz CT molecular complexity index is 397. The molecule has 1 aromatic heterocycles. The van der Waals surface area contributed by atoms with Gasteiger partial charge in [-0.15, -0.1) is 0 Å². The molecule has 1 aliphatic heterocycles. The number of hydrogen-bond donors (Lipinski definition) is 1. The highest BCUT2D eigenvalue weighted by molar-refractivity contribution is 5.11. The third kappa shape index (κ3) is 3.37. The molecule has 0 aromatic carbocycles. The zero-order chi connectivity index (χ0) is 13.8. The first-order valence-electron chi connectivity index (χ1n) is 7.66. The Morgan fingerprint density at radius 2 is 2.21 bits per heavy atom. The van der Waals surface area contributed by atoms with Gasteiger partial charge in [0.1, 0.15) is 0 Å². The molecule has 0 aliphatic carbocycles. The van der Waals surface area contributed by atoms with Crippen LogP contribution in [0.2, 0.25) is 0 Å². The molecule has 4 heteroatoms. The van der Waals surface area contributed by atoms with Gasteiger partial charge < -0.3 is 5.32 Å². The highest BCUT2D eigenvalue weighted by Gasteiger charge is 2.25. The third-order valence-corrected chi connectivity index (χ3v) is 4.11. The van der Waals surface area contributed by atoms with E-state index in [9.17, 15) is 0 Å². The summed E-state index contributed by atoms with van der Waals surface area (Å²) in [6.45, 7) is 14.3. The van der Waals surface area contributed by atoms with Gasteiger partial charge >= 0.3 is 0 Å². The molecule has 1 atom stereocenters. The fourth-order valence-corrected chi connectivity index (χ4v) is 2.92. The van der Waals surface area contributed by atoms with Gasteiger partial charge in [0.2, 0.25) is 0 Å². The predicted octanol–water partition coefficient (Wildman–Crippen LogP) is 1.90. The summed E-state index contributed by atoms with van der Waals surface area (Å²) < 4.78 is 2.16. The predicted molar refractivity (Wildman–Crippen MR) is 79.2 cm³/mol. The molecule has 4 nitrogen and oxygen atoms in total. The average Bonchev–Trinajstić information content (AvgIpc) is 2.81. The molecule has 1 fully saturated rings. The Balaban J connectivity index is 2.12. The third-order valence-electron chi connectivity index (χ3n) is 4.11. The standard InChI is InChI=1S/C15H28N4/c1-5-13-9-14(19(6-2)17-13)11-18-8-7-16-10-15(18)12(3)4/h9,12,15-16H,5-8,10-11H2,1-4H3. The van der Waals surface area contributed by atoms with Crippen molar-refractivity contribution < 1.29 is 0 Å². The van der Waals surface area contributed by atoms with Gasteiger partial charge in [-0.05, 0) is 25.3 Å². The van der Waals surface area contributed by atoms with Crippen LogP contribution in [0.1, 0.15) is 39.1 Å². The van der Waals surface area contributed by atoms with Crippen LogP contribution in [0.4, 0.5) is 0 Å². The quantitative estimate of drug-likeness (QED) is 0.882. The fourth-order valence-electron chi connectivity index (χ4n) is 2.92. The van der Waals surface area contributed by atoms with Crippen LogP contribution in [0.15, 0.2) is 6.07 Å². The molecule has 0 bridgehead atoms. The van der Waals surface area contributed by atoms with Crippen molar-refractivity contribution in [3.63, 3.8) is 0 Å². The molecule has 1 N–H and O–H groups in total. The van der Waals surface area contributed by atoms with Crippen LogP contribution in [0.25, 0.3) is 0 Å². The molecule has 1 aromatic rings. The van der Waals surface area contributed by atoms with Crippen molar-refractivity contribution in [3.8, 4) is 0 Å². The van der Waals surface area contributed by atoms with E-state index in [-0.39, 0.29) is 0 Å². The number of nitrogens with one attached hydrogen (secondary N) is 1. The van der Waals surface area contributed by atoms with E-state index in [1.165, 1.54) is 11.4 Å². The van der Waals surface area contributed by atoms with Gasteiger partial charge in [-0.2, -0.15) is 5.10 Å². The number of rotatable bonds is 5. The van der Waals surface area contributed by atoms with Gasteiger partial charge in [-0.1, -0.05) is 20.8 Å². The van der Waals surface area contributed by atoms with Crippen LogP contribution in [0, 0.1) is 5.92 Å². The van der Waals surface area contributed by atoms with Crippen LogP contribution >= 0.6 is 0 Å². The Hall–Kier alpha value is -0.870. The maximum atomic E-state index is 4.66. The summed E-state index contributed by atoms with van der Waals surface area (Å²) >= 11 is 0. The summed E-state index contributed by atoms with van der Waals surface area (Å²) in [5.41, 5.74) is 2.58. The number of aromatic nitrogens is 2. The van der Waals surface area contributed by atoms with Gasteiger partial charge in [-0.3, -0.25) is 9.58 Å². The van der Waals surface area contributed by atoms with Crippen molar-refractivity contribution in [3.05, 3.63) is 17.5 Å². The minimum Gasteiger partial charge on any atom is -0.314 e. The summed E-state index contributed by atoms with van der Waals surface area (Å²) in [7, 11) is 0. The lowest BCUT2D eigenvalue weighted by atomic mass is 10.0. The van der Waals surface area contributed by atoms with Gasteiger partial charge in [0.25, 0.3) is 0 Å². The molecule has 0 amide bonds.